The summed E-state index contributed by atoms with van der Waals surface area (Å²) in [5.41, 5.74) is 3.57. The summed E-state index contributed by atoms with van der Waals surface area (Å²) in [6, 6.07) is 18.6. The maximum absolute atomic E-state index is 13.7. The molecule has 2 N–H and O–H groups in total. The van der Waals surface area contributed by atoms with Crippen molar-refractivity contribution in [2.75, 3.05) is 16.2 Å². The average Bonchev–Trinajstić information content (AvgIpc) is 2.84. The molecule has 3 rings (SSSR count). The number of aryl methyl sites for hydroxylation is 3. The number of carbonyl (C=O) groups excluding carboxylic acids is 2. The summed E-state index contributed by atoms with van der Waals surface area (Å²) in [6.07, 6.45) is 0.766. The van der Waals surface area contributed by atoms with Crippen molar-refractivity contribution in [3.8, 4) is 0 Å². The lowest BCUT2D eigenvalue weighted by molar-refractivity contribution is -0.114. The lowest BCUT2D eigenvalue weighted by Crippen LogP contribution is -2.39. The second-order valence-electron chi connectivity index (χ2n) is 8.99. The zero-order chi connectivity index (χ0) is 26.5. The van der Waals surface area contributed by atoms with Crippen molar-refractivity contribution in [1.29, 1.82) is 0 Å². The van der Waals surface area contributed by atoms with Crippen LogP contribution in [0, 0.1) is 20.8 Å². The van der Waals surface area contributed by atoms with Gasteiger partial charge in [0, 0.05) is 6.04 Å². The minimum atomic E-state index is -4.05. The maximum atomic E-state index is 13.7. The third-order valence-corrected chi connectivity index (χ3v) is 7.74. The molecule has 36 heavy (non-hydrogen) atoms. The molecule has 0 saturated heterocycles. The van der Waals surface area contributed by atoms with Crippen LogP contribution in [0.3, 0.4) is 0 Å². The number of hydrogen-bond donors (Lipinski definition) is 2. The molecule has 0 fully saturated rings. The Kier molecular flexibility index (Phi) is 8.53. The summed E-state index contributed by atoms with van der Waals surface area (Å²) in [7, 11) is -4.05. The Hall–Kier alpha value is -3.65. The molecule has 8 heteroatoms. The number of amides is 2. The molecule has 1 atom stereocenters. The third kappa shape index (κ3) is 6.31. The van der Waals surface area contributed by atoms with E-state index in [1.807, 2.05) is 39.8 Å². The molecule has 190 valence electrons. The highest BCUT2D eigenvalue weighted by atomic mass is 32.2. The van der Waals surface area contributed by atoms with Gasteiger partial charge in [-0.15, -0.1) is 0 Å². The van der Waals surface area contributed by atoms with Crippen LogP contribution in [0.2, 0.25) is 0 Å². The number of para-hydroxylation sites is 1. The van der Waals surface area contributed by atoms with Crippen molar-refractivity contribution in [2.24, 2.45) is 0 Å². The summed E-state index contributed by atoms with van der Waals surface area (Å²) in [5, 5.41) is 5.64. The average molecular weight is 508 g/mol. The first-order valence-corrected chi connectivity index (χ1v) is 13.3. The fourth-order valence-corrected chi connectivity index (χ4v) is 5.12. The maximum Gasteiger partial charge on any atom is 0.264 e. The van der Waals surface area contributed by atoms with Crippen LogP contribution in [0.5, 0.6) is 0 Å². The Labute approximate surface area is 213 Å². The van der Waals surface area contributed by atoms with Gasteiger partial charge in [-0.25, -0.2) is 8.42 Å². The van der Waals surface area contributed by atoms with E-state index in [1.54, 1.807) is 49.4 Å². The van der Waals surface area contributed by atoms with E-state index in [0.29, 0.717) is 16.9 Å². The molecule has 0 aromatic heterocycles. The quantitative estimate of drug-likeness (QED) is 0.427. The fourth-order valence-electron chi connectivity index (χ4n) is 3.64. The predicted octanol–water partition coefficient (Wildman–Crippen LogP) is 4.97. The Morgan fingerprint density at radius 2 is 1.56 bits per heavy atom. The highest BCUT2D eigenvalue weighted by Gasteiger charge is 2.29. The van der Waals surface area contributed by atoms with E-state index in [-0.39, 0.29) is 16.8 Å². The van der Waals surface area contributed by atoms with Gasteiger partial charge in [-0.2, -0.15) is 0 Å². The number of nitrogens with one attached hydrogen (secondary N) is 2. The van der Waals surface area contributed by atoms with Gasteiger partial charge in [-0.1, -0.05) is 48.9 Å². The van der Waals surface area contributed by atoms with Gasteiger partial charge < -0.3 is 10.6 Å². The second-order valence-corrected chi connectivity index (χ2v) is 10.9. The normalized spacial score (nSPS) is 12.0. The Bertz CT molecular complexity index is 1350. The molecule has 3 aromatic rings. The van der Waals surface area contributed by atoms with Crippen LogP contribution in [0.4, 0.5) is 11.4 Å². The predicted molar refractivity (Wildman–Crippen MR) is 144 cm³/mol. The fraction of sp³-hybridized carbons (Fsp3) is 0.286. The van der Waals surface area contributed by atoms with E-state index in [9.17, 15) is 18.0 Å². The minimum Gasteiger partial charge on any atom is -0.350 e. The third-order valence-electron chi connectivity index (χ3n) is 5.97. The molecule has 0 aliphatic heterocycles. The van der Waals surface area contributed by atoms with Gasteiger partial charge in [0.15, 0.2) is 0 Å². The molecule has 0 aliphatic carbocycles. The molecule has 0 aliphatic rings. The minimum absolute atomic E-state index is 0.0271. The molecule has 0 heterocycles. The van der Waals surface area contributed by atoms with E-state index < -0.39 is 22.5 Å². The van der Waals surface area contributed by atoms with Crippen molar-refractivity contribution in [1.82, 2.24) is 5.32 Å². The summed E-state index contributed by atoms with van der Waals surface area (Å²) < 4.78 is 28.5. The lowest BCUT2D eigenvalue weighted by Gasteiger charge is -2.26. The van der Waals surface area contributed by atoms with Gasteiger partial charge >= 0.3 is 0 Å². The van der Waals surface area contributed by atoms with Crippen LogP contribution in [0.25, 0.3) is 0 Å². The van der Waals surface area contributed by atoms with Gasteiger partial charge in [0.2, 0.25) is 5.91 Å². The molecule has 7 nitrogen and oxygen atoms in total. The van der Waals surface area contributed by atoms with Crippen LogP contribution < -0.4 is 14.9 Å². The molecule has 2 amide bonds. The van der Waals surface area contributed by atoms with Gasteiger partial charge in [-0.05, 0) is 75.6 Å². The van der Waals surface area contributed by atoms with Crippen molar-refractivity contribution in [2.45, 2.75) is 52.0 Å². The number of carbonyl (C=O) groups is 2. The number of anilines is 2. The number of nitrogens with zero attached hydrogens (tertiary/aromatic N) is 1. The topological polar surface area (TPSA) is 95.6 Å². The second kappa shape index (κ2) is 11.4. The summed E-state index contributed by atoms with van der Waals surface area (Å²) in [5.74, 6) is -0.866. The first kappa shape index (κ1) is 26.9. The smallest absolute Gasteiger partial charge is 0.264 e. The Morgan fingerprint density at radius 3 is 2.22 bits per heavy atom. The molecule has 3 aromatic carbocycles. The van der Waals surface area contributed by atoms with Gasteiger partial charge in [-0.3, -0.25) is 13.9 Å². The highest BCUT2D eigenvalue weighted by molar-refractivity contribution is 7.92. The van der Waals surface area contributed by atoms with E-state index in [1.165, 1.54) is 12.1 Å². The van der Waals surface area contributed by atoms with E-state index in [0.717, 1.165) is 27.4 Å². The Balaban J connectivity index is 1.96. The van der Waals surface area contributed by atoms with Crippen molar-refractivity contribution in [3.63, 3.8) is 0 Å². The van der Waals surface area contributed by atoms with E-state index in [4.69, 9.17) is 0 Å². The largest absolute Gasteiger partial charge is 0.350 e. The van der Waals surface area contributed by atoms with Crippen LogP contribution in [0.1, 0.15) is 47.3 Å². The van der Waals surface area contributed by atoms with Crippen LogP contribution in [-0.2, 0) is 14.8 Å². The van der Waals surface area contributed by atoms with Gasteiger partial charge in [0.25, 0.3) is 15.9 Å². The zero-order valence-corrected chi connectivity index (χ0v) is 22.1. The van der Waals surface area contributed by atoms with Crippen LogP contribution in [-0.4, -0.2) is 32.8 Å². The molecule has 0 saturated carbocycles. The molecular formula is C28H33N3O4S. The van der Waals surface area contributed by atoms with Crippen molar-refractivity contribution < 1.29 is 18.0 Å². The molecule has 0 radical (unpaired) electrons. The zero-order valence-electron chi connectivity index (χ0n) is 21.3. The molecular weight excluding hydrogens is 474 g/mol. The van der Waals surface area contributed by atoms with E-state index in [2.05, 4.69) is 10.6 Å². The lowest BCUT2D eigenvalue weighted by atomic mass is 10.1. The Morgan fingerprint density at radius 1 is 0.917 bits per heavy atom. The number of rotatable bonds is 9. The summed E-state index contributed by atoms with van der Waals surface area (Å²) in [4.78, 5) is 26.1. The first-order chi connectivity index (χ1) is 17.0. The highest BCUT2D eigenvalue weighted by Crippen LogP contribution is 2.28. The monoisotopic (exact) mass is 507 g/mol. The summed E-state index contributed by atoms with van der Waals surface area (Å²) >= 11 is 0. The van der Waals surface area contributed by atoms with Crippen LogP contribution in [0.15, 0.2) is 71.6 Å². The van der Waals surface area contributed by atoms with E-state index >= 15 is 0 Å². The van der Waals surface area contributed by atoms with Crippen LogP contribution >= 0.6 is 0 Å². The summed E-state index contributed by atoms with van der Waals surface area (Å²) in [6.45, 7) is 8.96. The number of hydrogen-bond acceptors (Lipinski definition) is 4. The molecule has 0 spiro atoms. The number of benzene rings is 3. The SMILES string of the molecule is CC[C@@H](C)NC(=O)c1ccccc1NC(=O)CN(c1cc(C)ccc1C)S(=O)(=O)c1ccc(C)cc1. The molecule has 0 bridgehead atoms. The van der Waals surface area contributed by atoms with Gasteiger partial charge in [0.1, 0.15) is 6.54 Å². The number of sulfonamides is 1. The van der Waals surface area contributed by atoms with Crippen molar-refractivity contribution in [3.05, 3.63) is 89.0 Å². The van der Waals surface area contributed by atoms with Gasteiger partial charge in [0.05, 0.1) is 21.8 Å². The first-order valence-electron chi connectivity index (χ1n) is 11.9. The van der Waals surface area contributed by atoms with Crippen molar-refractivity contribution >= 4 is 33.2 Å². The molecule has 0 unspecified atom stereocenters. The standard InChI is InChI=1S/C28H33N3O4S/c1-6-22(5)29-28(33)24-9-7-8-10-25(24)30-27(32)18-31(26-17-20(3)11-14-21(26)4)36(34,35)23-15-12-19(2)13-16-23/h7-17,22H,6,18H2,1-5H3,(H,29,33)(H,30,32)/t22-/m1/s1.